The second kappa shape index (κ2) is 9.40. The zero-order valence-electron chi connectivity index (χ0n) is 6.08. The van der Waals surface area contributed by atoms with E-state index in [-0.39, 0.29) is 5.75 Å². The Morgan fingerprint density at radius 3 is 2.20 bits per heavy atom. The molecule has 5 heteroatoms. The van der Waals surface area contributed by atoms with Gasteiger partial charge >= 0.3 is 36.2 Å². The number of nitrogens with two attached hydrogens (primary N) is 1. The fourth-order valence-corrected chi connectivity index (χ4v) is 0.234. The first-order valence-corrected chi connectivity index (χ1v) is 5.71. The van der Waals surface area contributed by atoms with Crippen LogP contribution >= 0.6 is 12.6 Å². The Hall–Kier alpha value is 0.403. The minimum absolute atomic E-state index is 0.190. The number of carboxylic acids is 1. The maximum absolute atomic E-state index is 9.76. The van der Waals surface area contributed by atoms with Crippen LogP contribution < -0.4 is 5.73 Å². The number of carboxylic acid groups (broad SMARTS) is 1. The van der Waals surface area contributed by atoms with Crippen LogP contribution in [0.1, 0.15) is 6.92 Å². The molecule has 0 aliphatic rings. The van der Waals surface area contributed by atoms with Gasteiger partial charge in [-0.15, -0.1) is 0 Å². The summed E-state index contributed by atoms with van der Waals surface area (Å²) in [6, 6.07) is -0.816. The maximum Gasteiger partial charge on any atom is 0.321 e. The molecular weight excluding hydrogens is 204 g/mol. The van der Waals surface area contributed by atoms with Crippen molar-refractivity contribution in [1.82, 2.24) is 0 Å². The molecule has 0 amide bonds. The van der Waals surface area contributed by atoms with Crippen molar-refractivity contribution in [3.8, 4) is 0 Å². The molecule has 57 valence electrons. The van der Waals surface area contributed by atoms with E-state index in [4.69, 9.17) is 10.8 Å². The van der Waals surface area contributed by atoms with Gasteiger partial charge in [0.05, 0.1) is 0 Å². The first-order valence-electron chi connectivity index (χ1n) is 2.98. The molecule has 0 saturated heterocycles. The molecule has 0 aromatic carbocycles. The van der Waals surface area contributed by atoms with Crippen LogP contribution in [0.2, 0.25) is 5.02 Å². The van der Waals surface area contributed by atoms with Crippen LogP contribution in [0.3, 0.4) is 0 Å². The first kappa shape index (κ1) is 13.0. The predicted molar refractivity (Wildman–Crippen MR) is 39.9 cm³/mol. The molecule has 0 bridgehead atoms. The van der Waals surface area contributed by atoms with Gasteiger partial charge in [-0.3, -0.25) is 4.79 Å². The molecule has 0 heterocycles. The molecule has 0 rings (SSSR count). The van der Waals surface area contributed by atoms with Crippen molar-refractivity contribution in [2.75, 3.05) is 5.75 Å². The van der Waals surface area contributed by atoms with Crippen molar-refractivity contribution in [2.24, 2.45) is 5.73 Å². The van der Waals surface area contributed by atoms with E-state index in [9.17, 15) is 4.79 Å². The van der Waals surface area contributed by atoms with Crippen LogP contribution in [0.4, 0.5) is 0 Å². The minimum atomic E-state index is -1.00. The summed E-state index contributed by atoms with van der Waals surface area (Å²) in [5, 5.41) is 9.38. The van der Waals surface area contributed by atoms with E-state index in [0.29, 0.717) is 0 Å². The Morgan fingerprint density at radius 2 is 2.20 bits per heavy atom. The molecule has 0 aliphatic heterocycles. The Morgan fingerprint density at radius 1 is 1.90 bits per heavy atom. The molecular formula is C5H12NO2SZn. The van der Waals surface area contributed by atoms with Crippen molar-refractivity contribution >= 4 is 18.6 Å². The van der Waals surface area contributed by atoms with Gasteiger partial charge in [-0.2, -0.15) is 12.6 Å². The molecule has 3 nitrogen and oxygen atoms in total. The summed E-state index contributed by atoms with van der Waals surface area (Å²) >= 11 is 5.09. The molecule has 0 spiro atoms. The summed E-state index contributed by atoms with van der Waals surface area (Å²) in [5.74, 6) is -0.815. The van der Waals surface area contributed by atoms with Gasteiger partial charge in [0.1, 0.15) is 6.04 Å². The van der Waals surface area contributed by atoms with Crippen LogP contribution in [-0.4, -0.2) is 22.9 Å². The van der Waals surface area contributed by atoms with Gasteiger partial charge in [0.15, 0.2) is 0 Å². The normalized spacial score (nSPS) is 11.3. The Kier molecular flexibility index (Phi) is 12.2. The van der Waals surface area contributed by atoms with Crippen LogP contribution in [0, 0.1) is 0 Å². The van der Waals surface area contributed by atoms with E-state index < -0.39 is 12.0 Å². The zero-order valence-corrected chi connectivity index (χ0v) is 9.94. The van der Waals surface area contributed by atoms with Crippen LogP contribution in [-0.2, 0) is 23.1 Å². The molecule has 0 radical (unpaired) electrons. The number of hydrogen-bond donors (Lipinski definition) is 3. The molecule has 0 aromatic rings. The predicted octanol–water partition coefficient (Wildman–Crippen LogP) is 0.300. The van der Waals surface area contributed by atoms with E-state index in [1.807, 2.05) is 0 Å². The molecule has 0 fully saturated rings. The second-order valence-electron chi connectivity index (χ2n) is 1.63. The summed E-state index contributed by atoms with van der Waals surface area (Å²) < 4.78 is 0. The molecule has 10 heavy (non-hydrogen) atoms. The second-order valence-corrected chi connectivity index (χ2v) is 4.09. The maximum atomic E-state index is 9.76. The SMILES string of the molecule is C[CH2][Zn].N[C@@H](CS)C(=O)O. The quantitative estimate of drug-likeness (QED) is 0.459. The topological polar surface area (TPSA) is 63.3 Å². The summed E-state index contributed by atoms with van der Waals surface area (Å²) in [5.41, 5.74) is 4.94. The van der Waals surface area contributed by atoms with Gasteiger partial charge in [0.25, 0.3) is 0 Å². The smallest absolute Gasteiger partial charge is 0.321 e. The molecule has 0 aliphatic carbocycles. The monoisotopic (exact) mass is 214 g/mol. The van der Waals surface area contributed by atoms with E-state index >= 15 is 0 Å². The van der Waals surface area contributed by atoms with Crippen LogP contribution in [0.15, 0.2) is 0 Å². The standard InChI is InChI=1S/C3H7NO2S.C2H5.Zn/c4-2(1-7)3(5)6;1-2;/h2,7H,1,4H2,(H,5,6);1H2,2H3;/t2-;;/m0../s1. The molecule has 0 aromatic heterocycles. The number of carbonyl (C=O) groups is 1. The average Bonchev–Trinajstić information content (AvgIpc) is 1.88. The number of rotatable bonds is 2. The summed E-state index contributed by atoms with van der Waals surface area (Å²) in [7, 11) is 0. The van der Waals surface area contributed by atoms with Crippen molar-refractivity contribution in [3.63, 3.8) is 0 Å². The Balaban J connectivity index is 0. The van der Waals surface area contributed by atoms with Crippen LogP contribution in [0.5, 0.6) is 0 Å². The largest absolute Gasteiger partial charge is 0.480 e. The number of hydrogen-bond acceptors (Lipinski definition) is 3. The van der Waals surface area contributed by atoms with Gasteiger partial charge in [0.2, 0.25) is 0 Å². The molecule has 0 saturated carbocycles. The molecule has 1 atom stereocenters. The van der Waals surface area contributed by atoms with Gasteiger partial charge < -0.3 is 10.8 Å². The number of thiol groups is 1. The van der Waals surface area contributed by atoms with Crippen LogP contribution in [0.25, 0.3) is 0 Å². The summed E-state index contributed by atoms with van der Waals surface area (Å²) in [6.45, 7) is 2.18. The van der Waals surface area contributed by atoms with Crippen molar-refractivity contribution in [3.05, 3.63) is 0 Å². The third kappa shape index (κ3) is 11.2. The summed E-state index contributed by atoms with van der Waals surface area (Å²) in [4.78, 5) is 9.76. The Bertz CT molecular complexity index is 91.7. The van der Waals surface area contributed by atoms with Gasteiger partial charge in [0, 0.05) is 5.75 Å². The van der Waals surface area contributed by atoms with Gasteiger partial charge in [-0.1, -0.05) is 0 Å². The minimum Gasteiger partial charge on any atom is -0.480 e. The zero-order chi connectivity index (χ0) is 8.57. The van der Waals surface area contributed by atoms with Crippen molar-refractivity contribution in [2.45, 2.75) is 18.0 Å². The third-order valence-corrected chi connectivity index (χ3v) is 0.907. The molecule has 0 unspecified atom stereocenters. The first-order chi connectivity index (χ1) is 4.59. The third-order valence-electron chi connectivity index (χ3n) is 0.514. The number of aliphatic carboxylic acids is 1. The van der Waals surface area contributed by atoms with Gasteiger partial charge in [-0.05, 0) is 0 Å². The average molecular weight is 216 g/mol. The fourth-order valence-electron chi connectivity index (χ4n) is 0.0781. The van der Waals surface area contributed by atoms with Gasteiger partial charge in [-0.25, -0.2) is 0 Å². The van der Waals surface area contributed by atoms with Crippen molar-refractivity contribution < 1.29 is 28.2 Å². The molecule has 3 N–H and O–H groups in total. The van der Waals surface area contributed by atoms with E-state index in [1.54, 1.807) is 0 Å². The fraction of sp³-hybridized carbons (Fsp3) is 0.800. The summed E-state index contributed by atoms with van der Waals surface area (Å²) in [6.07, 6.45) is 0. The van der Waals surface area contributed by atoms with E-state index in [0.717, 1.165) is 0 Å². The van der Waals surface area contributed by atoms with Crippen molar-refractivity contribution in [1.29, 1.82) is 0 Å². The Labute approximate surface area is 76.5 Å². The van der Waals surface area contributed by atoms with E-state index in [2.05, 4.69) is 19.6 Å². The van der Waals surface area contributed by atoms with E-state index in [1.165, 1.54) is 23.3 Å².